The SMILES string of the molecule is CCc1c(S(=O)(=O)NCc2ccc(C#N)c(F)c2)sc2c(F)c(OCCCNC(=N)N)c(OCCCNC(=N)N)c(P(=O)(O)O)c12.O=C(O)C(F)(F)F.O=C(O)C(F)(F)F. The van der Waals surface area contributed by atoms with E-state index in [2.05, 4.69) is 15.4 Å². The number of nitrogens with zero attached hydrogens (tertiary/aromatic N) is 1. The first-order valence-electron chi connectivity index (χ1n) is 16.1. The summed E-state index contributed by atoms with van der Waals surface area (Å²) in [5.41, 5.74) is 10.4. The van der Waals surface area contributed by atoms with E-state index < -0.39 is 85.8 Å². The van der Waals surface area contributed by atoms with Gasteiger partial charge in [0.15, 0.2) is 29.2 Å². The van der Waals surface area contributed by atoms with Gasteiger partial charge < -0.3 is 51.6 Å². The molecule has 30 heteroatoms. The number of thiophene rings is 1. The Morgan fingerprint density at radius 2 is 1.40 bits per heavy atom. The van der Waals surface area contributed by atoms with Crippen molar-refractivity contribution in [2.45, 2.75) is 49.3 Å². The van der Waals surface area contributed by atoms with Crippen LogP contribution < -0.4 is 41.6 Å². The number of nitrogens with one attached hydrogen (secondary N) is 5. The van der Waals surface area contributed by atoms with Gasteiger partial charge in [-0.3, -0.25) is 15.4 Å². The highest BCUT2D eigenvalue weighted by atomic mass is 32.2. The van der Waals surface area contributed by atoms with Crippen LogP contribution >= 0.6 is 18.9 Å². The molecule has 0 saturated carbocycles. The first-order valence-corrected chi connectivity index (χ1v) is 20.0. The maximum Gasteiger partial charge on any atom is 0.490 e. The molecule has 1 heterocycles. The lowest BCUT2D eigenvalue weighted by molar-refractivity contribution is -0.193. The second kappa shape index (κ2) is 22.2. The van der Waals surface area contributed by atoms with E-state index in [1.54, 1.807) is 6.07 Å². The molecular weight excluding hydrogens is 895 g/mol. The van der Waals surface area contributed by atoms with Crippen LogP contribution in [0.3, 0.4) is 0 Å². The van der Waals surface area contributed by atoms with Gasteiger partial charge in [0.05, 0.1) is 23.5 Å². The molecule has 19 nitrogen and oxygen atoms in total. The Morgan fingerprint density at radius 3 is 1.78 bits per heavy atom. The smallest absolute Gasteiger partial charge is 0.489 e. The molecule has 0 saturated heterocycles. The number of guanidine groups is 2. The number of rotatable bonds is 16. The van der Waals surface area contributed by atoms with Crippen LogP contribution in [0.15, 0.2) is 22.4 Å². The predicted octanol–water partition coefficient (Wildman–Crippen LogP) is 2.67. The maximum absolute atomic E-state index is 16.2. The Kier molecular flexibility index (Phi) is 19.4. The molecule has 0 spiro atoms. The molecule has 2 aromatic carbocycles. The number of hydrogen-bond acceptors (Lipinski definition) is 11. The van der Waals surface area contributed by atoms with Gasteiger partial charge in [-0.05, 0) is 42.5 Å². The molecule has 0 atom stereocenters. The van der Waals surface area contributed by atoms with Gasteiger partial charge in [0.1, 0.15) is 21.4 Å². The van der Waals surface area contributed by atoms with E-state index in [0.29, 0.717) is 11.3 Å². The van der Waals surface area contributed by atoms with Crippen molar-refractivity contribution in [2.75, 3.05) is 26.3 Å². The molecule has 0 aliphatic rings. The second-order valence-electron chi connectivity index (χ2n) is 11.2. The molecule has 0 radical (unpaired) electrons. The second-order valence-corrected chi connectivity index (χ2v) is 15.8. The maximum atomic E-state index is 16.2. The van der Waals surface area contributed by atoms with Crippen LogP contribution in [0.4, 0.5) is 35.1 Å². The summed E-state index contributed by atoms with van der Waals surface area (Å²) in [4.78, 5) is 38.8. The van der Waals surface area contributed by atoms with Crippen LogP contribution in [-0.2, 0) is 37.1 Å². The van der Waals surface area contributed by atoms with Crippen LogP contribution in [0, 0.1) is 33.8 Å². The number of benzene rings is 2. The molecule has 3 rings (SSSR count). The summed E-state index contributed by atoms with van der Waals surface area (Å²) >= 11 is 0.436. The van der Waals surface area contributed by atoms with E-state index in [1.807, 2.05) is 0 Å². The van der Waals surface area contributed by atoms with Crippen molar-refractivity contribution < 1.29 is 87.2 Å². The van der Waals surface area contributed by atoms with Crippen molar-refractivity contribution in [2.24, 2.45) is 11.5 Å². The van der Waals surface area contributed by atoms with Crippen molar-refractivity contribution in [3.8, 4) is 17.6 Å². The number of halogens is 8. The molecule has 0 fully saturated rings. The van der Waals surface area contributed by atoms with Crippen molar-refractivity contribution >= 4 is 68.2 Å². The lowest BCUT2D eigenvalue weighted by atomic mass is 10.1. The lowest BCUT2D eigenvalue weighted by Gasteiger charge is -2.20. The van der Waals surface area contributed by atoms with Crippen LogP contribution in [-0.4, -0.2) is 90.9 Å². The van der Waals surface area contributed by atoms with Gasteiger partial charge >= 0.3 is 31.9 Å². The molecule has 0 unspecified atom stereocenters. The number of nitriles is 1. The monoisotopic (exact) mass is 930 g/mol. The van der Waals surface area contributed by atoms with Gasteiger partial charge in [0, 0.05) is 25.0 Å². The van der Waals surface area contributed by atoms with Crippen LogP contribution in [0.5, 0.6) is 11.5 Å². The summed E-state index contributed by atoms with van der Waals surface area (Å²) in [6.07, 6.45) is -9.90. The number of fused-ring (bicyclic) bond motifs is 1. The summed E-state index contributed by atoms with van der Waals surface area (Å²) in [6, 6.07) is 5.19. The minimum Gasteiger partial charge on any atom is -0.489 e. The summed E-state index contributed by atoms with van der Waals surface area (Å²) < 4.78 is 147. The topological polar surface area (TPSA) is 344 Å². The Labute approximate surface area is 337 Å². The Hall–Kier alpha value is -5.53. The van der Waals surface area contributed by atoms with E-state index in [9.17, 15) is 53.5 Å². The van der Waals surface area contributed by atoms with Gasteiger partial charge in [-0.25, -0.2) is 31.5 Å². The van der Waals surface area contributed by atoms with Gasteiger partial charge in [-0.15, -0.1) is 11.3 Å². The number of sulfonamides is 1. The zero-order valence-corrected chi connectivity index (χ0v) is 33.0. The van der Waals surface area contributed by atoms with E-state index in [-0.39, 0.29) is 79.6 Å². The lowest BCUT2D eigenvalue weighted by Crippen LogP contribution is -2.31. The van der Waals surface area contributed by atoms with Crippen molar-refractivity contribution in [1.82, 2.24) is 15.4 Å². The number of carbonyl (C=O) groups is 2. The largest absolute Gasteiger partial charge is 0.490 e. The highest BCUT2D eigenvalue weighted by molar-refractivity contribution is 7.91. The minimum atomic E-state index is -5.31. The molecule has 0 aliphatic carbocycles. The number of ether oxygens (including phenoxy) is 2. The Morgan fingerprint density at radius 1 is 0.933 bits per heavy atom. The fourth-order valence-corrected chi connectivity index (χ4v) is 8.33. The molecule has 0 bridgehead atoms. The zero-order valence-electron chi connectivity index (χ0n) is 30.4. The number of aliphatic carboxylic acids is 2. The molecule has 0 amide bonds. The third-order valence-corrected chi connectivity index (χ3v) is 11.0. The number of carboxylic acids is 2. The Balaban J connectivity index is 0.00000110. The fourth-order valence-electron chi connectivity index (χ4n) is 4.29. The third kappa shape index (κ3) is 15.9. The van der Waals surface area contributed by atoms with Gasteiger partial charge in [-0.1, -0.05) is 13.0 Å². The number of aryl methyl sites for hydroxylation is 1. The van der Waals surface area contributed by atoms with Gasteiger partial charge in [0.25, 0.3) is 10.0 Å². The first kappa shape index (κ1) is 52.5. The van der Waals surface area contributed by atoms with E-state index in [1.165, 1.54) is 19.1 Å². The molecule has 3 aromatic rings. The van der Waals surface area contributed by atoms with Crippen LogP contribution in [0.1, 0.15) is 36.5 Å². The van der Waals surface area contributed by atoms with Crippen LogP contribution in [0.25, 0.3) is 10.1 Å². The molecule has 13 N–H and O–H groups in total. The predicted molar refractivity (Wildman–Crippen MR) is 195 cm³/mol. The van der Waals surface area contributed by atoms with Gasteiger partial charge in [-0.2, -0.15) is 31.6 Å². The summed E-state index contributed by atoms with van der Waals surface area (Å²) in [5, 5.41) is 41.6. The van der Waals surface area contributed by atoms with Crippen molar-refractivity contribution in [3.05, 3.63) is 46.5 Å². The first-order chi connectivity index (χ1) is 27.5. The molecule has 1 aromatic heterocycles. The third-order valence-electron chi connectivity index (χ3n) is 6.79. The van der Waals surface area contributed by atoms with E-state index >= 15 is 4.39 Å². The number of alkyl halides is 6. The average molecular weight is 931 g/mol. The summed E-state index contributed by atoms with van der Waals surface area (Å²) in [7, 11) is -9.77. The van der Waals surface area contributed by atoms with E-state index in [0.717, 1.165) is 6.07 Å². The normalized spacial score (nSPS) is 11.6. The number of carboxylic acid groups (broad SMARTS) is 2. The molecule has 0 aliphatic heterocycles. The quantitative estimate of drug-likeness (QED) is 0.0323. The van der Waals surface area contributed by atoms with Crippen LogP contribution in [0.2, 0.25) is 0 Å². The molecular formula is C30H35F8N8O11PS2. The van der Waals surface area contributed by atoms with E-state index in [4.69, 9.17) is 56.8 Å². The Bertz CT molecular complexity index is 2220. The molecule has 60 heavy (non-hydrogen) atoms. The van der Waals surface area contributed by atoms with Crippen molar-refractivity contribution in [1.29, 1.82) is 16.1 Å². The number of hydrogen-bond donors (Lipinski definition) is 11. The zero-order chi connectivity index (χ0) is 46.4. The highest BCUT2D eigenvalue weighted by Crippen LogP contribution is 2.50. The van der Waals surface area contributed by atoms with Gasteiger partial charge in [0.2, 0.25) is 0 Å². The molecule has 334 valence electrons. The van der Waals surface area contributed by atoms with Crippen molar-refractivity contribution in [3.63, 3.8) is 0 Å². The standard InChI is InChI=1S/C26H33F2N8O7PS2.2C2HF3O2/c1-2-16-18-22(44(37,38)39)21(43-10-4-8-35-26(32)33)20(42-9-3-7-34-25(30)31)19(28)23(18)45-24(16)46(40,41)36-13-14-5-6-15(12-29)17(27)11-14;2*3-2(4,5)1(6)7/h5-6,11,36H,2-4,7-10,13H2,1H3,(H4,30,31,34)(H4,32,33,35)(H2,37,38,39);2*(H,6,7). The minimum absolute atomic E-state index is 0.0870. The average Bonchev–Trinajstić information content (AvgIpc) is 3.51. The summed E-state index contributed by atoms with van der Waals surface area (Å²) in [6.45, 7) is 1.01. The summed E-state index contributed by atoms with van der Waals surface area (Å²) in [5.74, 6) is -9.36. The fraction of sp³-hybridized carbons (Fsp3) is 0.367. The highest BCUT2D eigenvalue weighted by Gasteiger charge is 2.39. The number of nitrogens with two attached hydrogens (primary N) is 2.